The average Bonchev–Trinajstić information content (AvgIpc) is 3.39. The van der Waals surface area contributed by atoms with Crippen LogP contribution in [-0.4, -0.2) is 32.8 Å². The number of aromatic nitrogens is 2. The summed E-state index contributed by atoms with van der Waals surface area (Å²) in [7, 11) is 0. The summed E-state index contributed by atoms with van der Waals surface area (Å²) < 4.78 is 2.44. The molecule has 4 rings (SSSR count). The van der Waals surface area contributed by atoms with Crippen LogP contribution in [0.25, 0.3) is 10.9 Å². The topological polar surface area (TPSA) is 119 Å². The number of anilines is 1. The first-order chi connectivity index (χ1) is 17.8. The van der Waals surface area contributed by atoms with Crippen LogP contribution in [0.4, 0.5) is 5.69 Å². The molecule has 0 atom stereocenters. The number of nitrogens with one attached hydrogen (secondary N) is 2. The largest absolute Gasteiger partial charge is 0.353 e. The predicted molar refractivity (Wildman–Crippen MR) is 142 cm³/mol. The highest BCUT2D eigenvalue weighted by atomic mass is 16.2. The fraction of sp³-hybridized carbons (Fsp3) is 0.393. The van der Waals surface area contributed by atoms with Crippen LogP contribution in [-0.2, 0) is 22.7 Å². The van der Waals surface area contributed by atoms with Gasteiger partial charge in [-0.25, -0.2) is 4.79 Å². The van der Waals surface area contributed by atoms with Crippen molar-refractivity contribution in [3.63, 3.8) is 0 Å². The van der Waals surface area contributed by atoms with E-state index in [1.165, 1.54) is 11.5 Å². The molecule has 37 heavy (non-hydrogen) atoms. The molecule has 0 bridgehead atoms. The van der Waals surface area contributed by atoms with E-state index >= 15 is 0 Å². The van der Waals surface area contributed by atoms with E-state index in [2.05, 4.69) is 10.6 Å². The van der Waals surface area contributed by atoms with Crippen LogP contribution < -0.4 is 21.9 Å². The number of hydrogen-bond acceptors (Lipinski definition) is 5. The van der Waals surface area contributed by atoms with Crippen LogP contribution in [0.3, 0.4) is 0 Å². The molecule has 0 spiro atoms. The third-order valence-electron chi connectivity index (χ3n) is 6.76. The third-order valence-corrected chi connectivity index (χ3v) is 6.76. The Balaban J connectivity index is 1.46. The van der Waals surface area contributed by atoms with E-state index in [1.807, 2.05) is 0 Å². The summed E-state index contributed by atoms with van der Waals surface area (Å²) in [6, 6.07) is 13.5. The van der Waals surface area contributed by atoms with Gasteiger partial charge in [0, 0.05) is 30.3 Å². The molecular formula is C28H32N4O5. The highest BCUT2D eigenvalue weighted by Crippen LogP contribution is 2.18. The molecule has 3 aromatic rings. The van der Waals surface area contributed by atoms with E-state index in [-0.39, 0.29) is 30.8 Å². The molecule has 9 heteroatoms. The van der Waals surface area contributed by atoms with Crippen LogP contribution in [0.1, 0.15) is 62.2 Å². The molecule has 2 aromatic carbocycles. The Bertz CT molecular complexity index is 1420. The van der Waals surface area contributed by atoms with E-state index in [0.717, 1.165) is 30.3 Å². The van der Waals surface area contributed by atoms with E-state index in [1.54, 1.807) is 48.5 Å². The van der Waals surface area contributed by atoms with Crippen molar-refractivity contribution in [2.75, 3.05) is 5.32 Å². The molecule has 194 valence electrons. The van der Waals surface area contributed by atoms with E-state index in [0.29, 0.717) is 41.4 Å². The Hall–Kier alpha value is -4.01. The molecule has 0 radical (unpaired) electrons. The number of fused-ring (bicyclic) bond motifs is 1. The Labute approximate surface area is 214 Å². The van der Waals surface area contributed by atoms with Crippen molar-refractivity contribution >= 4 is 34.2 Å². The molecule has 1 heterocycles. The molecule has 1 fully saturated rings. The van der Waals surface area contributed by atoms with E-state index in [4.69, 9.17) is 0 Å². The monoisotopic (exact) mass is 504 g/mol. The van der Waals surface area contributed by atoms with Crippen LogP contribution >= 0.6 is 0 Å². The van der Waals surface area contributed by atoms with Gasteiger partial charge in [0.1, 0.15) is 6.54 Å². The number of hydrogen-bond donors (Lipinski definition) is 2. The molecule has 2 N–H and O–H groups in total. The quantitative estimate of drug-likeness (QED) is 0.325. The fourth-order valence-corrected chi connectivity index (χ4v) is 4.78. The van der Waals surface area contributed by atoms with Gasteiger partial charge >= 0.3 is 5.69 Å². The number of ketones is 1. The average molecular weight is 505 g/mol. The zero-order valence-electron chi connectivity index (χ0n) is 21.0. The van der Waals surface area contributed by atoms with Crippen molar-refractivity contribution in [1.82, 2.24) is 14.5 Å². The van der Waals surface area contributed by atoms with Crippen LogP contribution in [0.2, 0.25) is 0 Å². The maximum Gasteiger partial charge on any atom is 0.331 e. The smallest absolute Gasteiger partial charge is 0.331 e. The predicted octanol–water partition coefficient (Wildman–Crippen LogP) is 3.23. The highest BCUT2D eigenvalue weighted by Gasteiger charge is 2.18. The normalized spacial score (nSPS) is 13.5. The first kappa shape index (κ1) is 26.1. The number of carbonyl (C=O) groups is 3. The highest BCUT2D eigenvalue weighted by molar-refractivity contribution is 5.95. The molecule has 0 unspecified atom stereocenters. The first-order valence-corrected chi connectivity index (χ1v) is 12.8. The summed E-state index contributed by atoms with van der Waals surface area (Å²) >= 11 is 0. The van der Waals surface area contributed by atoms with Gasteiger partial charge in [0.15, 0.2) is 5.78 Å². The molecule has 1 aliphatic carbocycles. The van der Waals surface area contributed by atoms with Crippen molar-refractivity contribution in [2.45, 2.75) is 71.0 Å². The molecule has 0 saturated heterocycles. The lowest BCUT2D eigenvalue weighted by Gasteiger charge is -2.15. The minimum absolute atomic E-state index is 0.00294. The molecule has 1 aliphatic rings. The second-order valence-electron chi connectivity index (χ2n) is 9.53. The summed E-state index contributed by atoms with van der Waals surface area (Å²) in [6.45, 7) is 1.34. The minimum atomic E-state index is -0.568. The van der Waals surface area contributed by atoms with E-state index in [9.17, 15) is 24.0 Å². The van der Waals surface area contributed by atoms with Gasteiger partial charge in [-0.2, -0.15) is 0 Å². The van der Waals surface area contributed by atoms with Gasteiger partial charge in [-0.1, -0.05) is 25.0 Å². The Kier molecular flexibility index (Phi) is 8.32. The number of benzene rings is 2. The Morgan fingerprint density at radius 2 is 1.59 bits per heavy atom. The zero-order valence-corrected chi connectivity index (χ0v) is 21.0. The standard InChI is InChI=1S/C28H32N4O5/c1-19(33)20-13-15-22(16-14-20)30-26(35)18-32-24-11-5-4-10-23(24)27(36)31(28(32)37)17-7-6-12-25(34)29-21-8-2-3-9-21/h4-5,10-11,13-16,21H,2-3,6-9,12,17-18H2,1H3,(H,29,34)(H,30,35). The van der Waals surface area contributed by atoms with E-state index < -0.39 is 17.2 Å². The number of amides is 2. The van der Waals surface area contributed by atoms with Crippen LogP contribution in [0.5, 0.6) is 0 Å². The van der Waals surface area contributed by atoms with Crippen molar-refractivity contribution in [1.29, 1.82) is 0 Å². The molecule has 2 amide bonds. The summed E-state index contributed by atoms with van der Waals surface area (Å²) in [4.78, 5) is 62.8. The van der Waals surface area contributed by atoms with Gasteiger partial charge in [-0.05, 0) is 69.0 Å². The van der Waals surface area contributed by atoms with Gasteiger partial charge in [0.05, 0.1) is 10.9 Å². The summed E-state index contributed by atoms with van der Waals surface area (Å²) in [5, 5.41) is 6.13. The number of rotatable bonds is 10. The summed E-state index contributed by atoms with van der Waals surface area (Å²) in [5.74, 6) is -0.507. The van der Waals surface area contributed by atoms with Crippen LogP contribution in [0.15, 0.2) is 58.1 Å². The van der Waals surface area contributed by atoms with Crippen molar-refractivity contribution < 1.29 is 14.4 Å². The zero-order chi connectivity index (χ0) is 26.4. The maximum absolute atomic E-state index is 13.3. The van der Waals surface area contributed by atoms with Crippen LogP contribution in [0, 0.1) is 0 Å². The van der Waals surface area contributed by atoms with Gasteiger partial charge in [-0.3, -0.25) is 28.3 Å². The second-order valence-corrected chi connectivity index (χ2v) is 9.53. The molecule has 1 saturated carbocycles. The summed E-state index contributed by atoms with van der Waals surface area (Å²) in [5.41, 5.74) is 0.431. The van der Waals surface area contributed by atoms with Gasteiger partial charge in [0.25, 0.3) is 5.56 Å². The second kappa shape index (κ2) is 11.8. The molecular weight excluding hydrogens is 472 g/mol. The van der Waals surface area contributed by atoms with Crippen molar-refractivity contribution in [3.05, 3.63) is 74.9 Å². The number of Topliss-reactive ketones (excluding diaryl/α,β-unsaturated/α-hetero) is 1. The Morgan fingerprint density at radius 1 is 0.892 bits per heavy atom. The number of nitrogens with zero attached hydrogens (tertiary/aromatic N) is 2. The van der Waals surface area contributed by atoms with Crippen molar-refractivity contribution in [3.8, 4) is 0 Å². The number of para-hydroxylation sites is 1. The van der Waals surface area contributed by atoms with Gasteiger partial charge < -0.3 is 10.6 Å². The number of carbonyl (C=O) groups excluding carboxylic acids is 3. The maximum atomic E-state index is 13.3. The van der Waals surface area contributed by atoms with Gasteiger partial charge in [-0.15, -0.1) is 0 Å². The lowest BCUT2D eigenvalue weighted by Crippen LogP contribution is -2.41. The SMILES string of the molecule is CC(=O)c1ccc(NC(=O)Cn2c(=O)n(CCCCC(=O)NC3CCCC3)c(=O)c3ccccc32)cc1. The number of unbranched alkanes of at least 4 members (excludes halogenated alkanes) is 1. The fourth-order valence-electron chi connectivity index (χ4n) is 4.78. The van der Waals surface area contributed by atoms with Gasteiger partial charge in [0.2, 0.25) is 11.8 Å². The third kappa shape index (κ3) is 6.41. The first-order valence-electron chi connectivity index (χ1n) is 12.8. The minimum Gasteiger partial charge on any atom is -0.353 e. The molecule has 1 aromatic heterocycles. The lowest BCUT2D eigenvalue weighted by atomic mass is 10.1. The molecule has 9 nitrogen and oxygen atoms in total. The van der Waals surface area contributed by atoms with Crippen molar-refractivity contribution in [2.24, 2.45) is 0 Å². The molecule has 0 aliphatic heterocycles. The lowest BCUT2D eigenvalue weighted by molar-refractivity contribution is -0.122. The Morgan fingerprint density at radius 3 is 2.30 bits per heavy atom. The summed E-state index contributed by atoms with van der Waals surface area (Å²) in [6.07, 6.45) is 5.72.